The number of carbonyl (C=O) groups is 1. The average molecular weight is 455 g/mol. The Morgan fingerprint density at radius 1 is 1.15 bits per heavy atom. The molecule has 1 aliphatic heterocycles. The van der Waals surface area contributed by atoms with Gasteiger partial charge in [0.15, 0.2) is 11.5 Å². The molecule has 0 aliphatic carbocycles. The molecule has 144 valence electrons. The number of nitrogens with zero attached hydrogens (tertiary/aromatic N) is 1. The molecule has 1 amide bonds. The van der Waals surface area contributed by atoms with Crippen molar-refractivity contribution in [2.75, 3.05) is 32.1 Å². The number of halogens is 1. The summed E-state index contributed by atoms with van der Waals surface area (Å²) in [6, 6.07) is 9.88. The zero-order valence-corrected chi connectivity index (χ0v) is 17.3. The monoisotopic (exact) mass is 454 g/mol. The fraction of sp³-hybridized carbons (Fsp3) is 0.278. The van der Waals surface area contributed by atoms with Gasteiger partial charge in [0, 0.05) is 17.6 Å². The lowest BCUT2D eigenvalue weighted by Crippen LogP contribution is -2.35. The zero-order chi connectivity index (χ0) is 19.6. The highest BCUT2D eigenvalue weighted by Crippen LogP contribution is 2.33. The molecule has 7 nitrogen and oxygen atoms in total. The first kappa shape index (κ1) is 19.7. The Kier molecular flexibility index (Phi) is 5.73. The second-order valence-corrected chi connectivity index (χ2v) is 9.00. The van der Waals surface area contributed by atoms with Crippen molar-refractivity contribution >= 4 is 37.5 Å². The van der Waals surface area contributed by atoms with Crippen LogP contribution in [-0.4, -0.2) is 45.4 Å². The number of ether oxygens (including phenoxy) is 2. The van der Waals surface area contributed by atoms with E-state index in [2.05, 4.69) is 21.2 Å². The molecule has 0 bridgehead atoms. The van der Waals surface area contributed by atoms with Crippen LogP contribution in [0.2, 0.25) is 0 Å². The molecular weight excluding hydrogens is 436 g/mol. The van der Waals surface area contributed by atoms with E-state index in [0.717, 1.165) is 14.3 Å². The van der Waals surface area contributed by atoms with Crippen LogP contribution in [0.15, 0.2) is 45.8 Å². The Labute approximate surface area is 166 Å². The van der Waals surface area contributed by atoms with Crippen molar-refractivity contribution in [1.29, 1.82) is 0 Å². The SMILES string of the molecule is Cc1ccc(NC(=O)CN(C)S(=O)(=O)c2ccc3c(c2)OCCO3)c(Br)c1. The summed E-state index contributed by atoms with van der Waals surface area (Å²) < 4.78 is 38.1. The van der Waals surface area contributed by atoms with Gasteiger partial charge in [-0.25, -0.2) is 8.42 Å². The topological polar surface area (TPSA) is 84.9 Å². The maximum Gasteiger partial charge on any atom is 0.243 e. The molecule has 0 unspecified atom stereocenters. The molecule has 0 spiro atoms. The number of hydrogen-bond donors (Lipinski definition) is 1. The number of anilines is 1. The summed E-state index contributed by atoms with van der Waals surface area (Å²) in [4.78, 5) is 12.3. The molecule has 1 aliphatic rings. The van der Waals surface area contributed by atoms with Crippen molar-refractivity contribution in [3.05, 3.63) is 46.4 Å². The van der Waals surface area contributed by atoms with Crippen LogP contribution >= 0.6 is 15.9 Å². The minimum absolute atomic E-state index is 0.0403. The lowest BCUT2D eigenvalue weighted by Gasteiger charge is -2.21. The summed E-state index contributed by atoms with van der Waals surface area (Å²) >= 11 is 3.38. The Morgan fingerprint density at radius 3 is 2.56 bits per heavy atom. The van der Waals surface area contributed by atoms with E-state index in [-0.39, 0.29) is 11.4 Å². The molecule has 2 aromatic carbocycles. The van der Waals surface area contributed by atoms with Gasteiger partial charge in [-0.15, -0.1) is 0 Å². The van der Waals surface area contributed by atoms with Gasteiger partial charge in [0.2, 0.25) is 15.9 Å². The third kappa shape index (κ3) is 4.42. The number of hydrogen-bond acceptors (Lipinski definition) is 5. The maximum absolute atomic E-state index is 12.8. The average Bonchev–Trinajstić information content (AvgIpc) is 2.63. The molecular formula is C18H19BrN2O5S. The predicted octanol–water partition coefficient (Wildman–Crippen LogP) is 2.79. The van der Waals surface area contributed by atoms with E-state index in [1.165, 1.54) is 19.2 Å². The third-order valence-corrected chi connectivity index (χ3v) is 6.44. The number of rotatable bonds is 5. The highest BCUT2D eigenvalue weighted by atomic mass is 79.9. The quantitative estimate of drug-likeness (QED) is 0.750. The van der Waals surface area contributed by atoms with Gasteiger partial charge in [-0.05, 0) is 52.7 Å². The third-order valence-electron chi connectivity index (χ3n) is 3.99. The normalized spacial score (nSPS) is 13.5. The van der Waals surface area contributed by atoms with Crippen LogP contribution in [0.1, 0.15) is 5.56 Å². The molecule has 1 N–H and O–H groups in total. The molecule has 2 aromatic rings. The number of aryl methyl sites for hydroxylation is 1. The second-order valence-electron chi connectivity index (χ2n) is 6.10. The van der Waals surface area contributed by atoms with Crippen LogP contribution in [0.25, 0.3) is 0 Å². The summed E-state index contributed by atoms with van der Waals surface area (Å²) in [5, 5.41) is 2.71. The van der Waals surface area contributed by atoms with Gasteiger partial charge >= 0.3 is 0 Å². The van der Waals surface area contributed by atoms with E-state index >= 15 is 0 Å². The molecule has 0 saturated carbocycles. The fourth-order valence-electron chi connectivity index (χ4n) is 2.56. The van der Waals surface area contributed by atoms with Gasteiger partial charge in [0.1, 0.15) is 13.2 Å². The van der Waals surface area contributed by atoms with Gasteiger partial charge in [0.05, 0.1) is 17.1 Å². The van der Waals surface area contributed by atoms with E-state index < -0.39 is 15.9 Å². The van der Waals surface area contributed by atoms with Crippen LogP contribution in [0.5, 0.6) is 11.5 Å². The number of carbonyl (C=O) groups excluding carboxylic acids is 1. The number of fused-ring (bicyclic) bond motifs is 1. The van der Waals surface area contributed by atoms with Gasteiger partial charge in [-0.3, -0.25) is 4.79 Å². The zero-order valence-electron chi connectivity index (χ0n) is 14.9. The van der Waals surface area contributed by atoms with Crippen LogP contribution in [-0.2, 0) is 14.8 Å². The Morgan fingerprint density at radius 2 is 1.85 bits per heavy atom. The number of benzene rings is 2. The lowest BCUT2D eigenvalue weighted by molar-refractivity contribution is -0.116. The molecule has 0 aromatic heterocycles. The summed E-state index contributed by atoms with van der Waals surface area (Å²) in [6.45, 7) is 2.40. The van der Waals surface area contributed by atoms with Gasteiger partial charge in [-0.2, -0.15) is 4.31 Å². The largest absolute Gasteiger partial charge is 0.486 e. The second kappa shape index (κ2) is 7.87. The standard InChI is InChI=1S/C18H19BrN2O5S/c1-12-3-5-15(14(19)9-12)20-18(22)11-21(2)27(23,24)13-4-6-16-17(10-13)26-8-7-25-16/h3-6,9-10H,7-8,11H2,1-2H3,(H,20,22). The predicted molar refractivity (Wildman–Crippen MR) is 105 cm³/mol. The van der Waals surface area contributed by atoms with Crippen LogP contribution in [0, 0.1) is 6.92 Å². The molecule has 0 atom stereocenters. The Balaban J connectivity index is 1.72. The lowest BCUT2D eigenvalue weighted by atomic mass is 10.2. The van der Waals surface area contributed by atoms with E-state index in [1.807, 2.05) is 19.1 Å². The first-order chi connectivity index (χ1) is 12.8. The maximum atomic E-state index is 12.8. The van der Waals surface area contributed by atoms with E-state index in [0.29, 0.717) is 30.4 Å². The summed E-state index contributed by atoms with van der Waals surface area (Å²) in [7, 11) is -2.49. The smallest absolute Gasteiger partial charge is 0.243 e. The van der Waals surface area contributed by atoms with E-state index in [9.17, 15) is 13.2 Å². The van der Waals surface area contributed by atoms with Crippen LogP contribution in [0.3, 0.4) is 0 Å². The van der Waals surface area contributed by atoms with Crippen molar-refractivity contribution in [3.63, 3.8) is 0 Å². The van der Waals surface area contributed by atoms with Gasteiger partial charge in [-0.1, -0.05) is 6.07 Å². The van der Waals surface area contributed by atoms with Crippen molar-refractivity contribution < 1.29 is 22.7 Å². The minimum atomic E-state index is -3.85. The first-order valence-corrected chi connectivity index (χ1v) is 10.4. The highest BCUT2D eigenvalue weighted by molar-refractivity contribution is 9.10. The summed E-state index contributed by atoms with van der Waals surface area (Å²) in [5.41, 5.74) is 1.62. The number of likely N-dealkylation sites (N-methyl/N-ethyl adjacent to an activating group) is 1. The van der Waals surface area contributed by atoms with Crippen LogP contribution < -0.4 is 14.8 Å². The molecule has 27 heavy (non-hydrogen) atoms. The van der Waals surface area contributed by atoms with Crippen molar-refractivity contribution in [2.45, 2.75) is 11.8 Å². The van der Waals surface area contributed by atoms with Gasteiger partial charge in [0.25, 0.3) is 0 Å². The first-order valence-electron chi connectivity index (χ1n) is 8.19. The van der Waals surface area contributed by atoms with Gasteiger partial charge < -0.3 is 14.8 Å². The summed E-state index contributed by atoms with van der Waals surface area (Å²) in [5.74, 6) is 0.441. The van der Waals surface area contributed by atoms with E-state index in [4.69, 9.17) is 9.47 Å². The van der Waals surface area contributed by atoms with E-state index in [1.54, 1.807) is 12.1 Å². The summed E-state index contributed by atoms with van der Waals surface area (Å²) in [6.07, 6.45) is 0. The minimum Gasteiger partial charge on any atom is -0.486 e. The van der Waals surface area contributed by atoms with Crippen molar-refractivity contribution in [2.24, 2.45) is 0 Å². The number of amides is 1. The molecule has 0 fully saturated rings. The molecule has 0 radical (unpaired) electrons. The van der Waals surface area contributed by atoms with Crippen LogP contribution in [0.4, 0.5) is 5.69 Å². The fourth-order valence-corrected chi connectivity index (χ4v) is 4.30. The molecule has 0 saturated heterocycles. The molecule has 9 heteroatoms. The number of nitrogens with one attached hydrogen (secondary N) is 1. The van der Waals surface area contributed by atoms with Crippen molar-refractivity contribution in [3.8, 4) is 11.5 Å². The molecule has 3 rings (SSSR count). The Hall–Kier alpha value is -2.10. The van der Waals surface area contributed by atoms with Crippen molar-refractivity contribution in [1.82, 2.24) is 4.31 Å². The molecule has 1 heterocycles. The number of sulfonamides is 1. The Bertz CT molecular complexity index is 978. The highest BCUT2D eigenvalue weighted by Gasteiger charge is 2.25.